The van der Waals surface area contributed by atoms with E-state index in [0.717, 1.165) is 36.3 Å². The van der Waals surface area contributed by atoms with Gasteiger partial charge in [-0.05, 0) is 39.0 Å². The number of likely N-dealkylation sites (tertiary alicyclic amines) is 1. The maximum atomic E-state index is 13.4. The number of ether oxygens (including phenoxy) is 1. The zero-order valence-corrected chi connectivity index (χ0v) is 14.6. The molecule has 0 radical (unpaired) electrons. The fraction of sp³-hybridized carbons (Fsp3) is 0.562. The molecule has 1 aromatic rings. The first-order valence-electron chi connectivity index (χ1n) is 7.35. The first-order chi connectivity index (χ1) is 10.2. The van der Waals surface area contributed by atoms with Crippen LogP contribution in [0.2, 0.25) is 0 Å². The molecule has 0 saturated carbocycles. The lowest BCUT2D eigenvalue weighted by Gasteiger charge is -2.60. The molecule has 4 nitrogen and oxygen atoms in total. The number of rotatable bonds is 1. The second-order valence-electron chi connectivity index (χ2n) is 7.32. The molecule has 2 heterocycles. The molecule has 0 aliphatic carbocycles. The molecule has 0 N–H and O–H groups in total. The highest BCUT2D eigenvalue weighted by atomic mass is 79.9. The summed E-state index contributed by atoms with van der Waals surface area (Å²) < 4.78 is 19.5. The zero-order valence-electron chi connectivity index (χ0n) is 13.0. The van der Waals surface area contributed by atoms with Crippen LogP contribution in [0.15, 0.2) is 22.7 Å². The summed E-state index contributed by atoms with van der Waals surface area (Å²) in [5.74, 6) is -0.241. The van der Waals surface area contributed by atoms with Gasteiger partial charge in [0, 0.05) is 41.8 Å². The van der Waals surface area contributed by atoms with Gasteiger partial charge in [0.1, 0.15) is 11.4 Å². The number of carbonyl (C=O) groups is 1. The Hall–Kier alpha value is -1.30. The van der Waals surface area contributed by atoms with Crippen LogP contribution in [-0.2, 0) is 4.74 Å². The number of hydrogen-bond acceptors (Lipinski definition) is 3. The van der Waals surface area contributed by atoms with Gasteiger partial charge in [0.15, 0.2) is 0 Å². The van der Waals surface area contributed by atoms with Crippen molar-refractivity contribution in [3.05, 3.63) is 28.5 Å². The third-order valence-corrected chi connectivity index (χ3v) is 4.43. The molecule has 1 amide bonds. The molecule has 6 heteroatoms. The topological polar surface area (TPSA) is 32.8 Å². The van der Waals surface area contributed by atoms with Crippen LogP contribution in [0.25, 0.3) is 0 Å². The van der Waals surface area contributed by atoms with Crippen LogP contribution in [0.5, 0.6) is 0 Å². The number of amides is 1. The SMILES string of the molecule is CC(C)(C)OC(=O)N1CC2(C1)CN(c1cc(F)cc(Br)c1)C2. The maximum Gasteiger partial charge on any atom is 0.410 e. The van der Waals surface area contributed by atoms with E-state index in [1.807, 2.05) is 26.8 Å². The summed E-state index contributed by atoms with van der Waals surface area (Å²) in [7, 11) is 0. The van der Waals surface area contributed by atoms with Crippen LogP contribution < -0.4 is 4.90 Å². The Morgan fingerprint density at radius 1 is 1.23 bits per heavy atom. The molecule has 2 saturated heterocycles. The minimum atomic E-state index is -0.459. The Labute approximate surface area is 138 Å². The molecule has 2 aliphatic heterocycles. The zero-order chi connectivity index (χ0) is 16.1. The summed E-state index contributed by atoms with van der Waals surface area (Å²) >= 11 is 3.31. The third kappa shape index (κ3) is 3.07. The average Bonchev–Trinajstić information content (AvgIpc) is 2.20. The summed E-state index contributed by atoms with van der Waals surface area (Å²) in [6.45, 7) is 8.74. The fourth-order valence-electron chi connectivity index (χ4n) is 3.09. The van der Waals surface area contributed by atoms with E-state index in [4.69, 9.17) is 4.74 Å². The van der Waals surface area contributed by atoms with Crippen molar-refractivity contribution in [1.29, 1.82) is 0 Å². The largest absolute Gasteiger partial charge is 0.444 e. The van der Waals surface area contributed by atoms with Crippen molar-refractivity contribution in [2.45, 2.75) is 26.4 Å². The van der Waals surface area contributed by atoms with Crippen LogP contribution in [0.4, 0.5) is 14.9 Å². The molecular weight excluding hydrogens is 351 g/mol. The third-order valence-electron chi connectivity index (χ3n) is 3.97. The van der Waals surface area contributed by atoms with E-state index >= 15 is 0 Å². The second kappa shape index (κ2) is 5.11. The Morgan fingerprint density at radius 3 is 2.41 bits per heavy atom. The number of hydrogen-bond donors (Lipinski definition) is 0. The molecule has 0 aromatic heterocycles. The molecule has 2 fully saturated rings. The Balaban J connectivity index is 1.54. The Morgan fingerprint density at radius 2 is 1.86 bits per heavy atom. The highest BCUT2D eigenvalue weighted by Gasteiger charge is 2.54. The van der Waals surface area contributed by atoms with Crippen molar-refractivity contribution in [1.82, 2.24) is 4.90 Å². The highest BCUT2D eigenvalue weighted by Crippen LogP contribution is 2.42. The van der Waals surface area contributed by atoms with E-state index in [1.165, 1.54) is 6.07 Å². The number of anilines is 1. The summed E-state index contributed by atoms with van der Waals surface area (Å²) in [5.41, 5.74) is 0.572. The summed E-state index contributed by atoms with van der Waals surface area (Å²) in [5, 5.41) is 0. The lowest BCUT2D eigenvalue weighted by atomic mass is 9.73. The van der Waals surface area contributed by atoms with Gasteiger partial charge in [0.05, 0.1) is 0 Å². The molecule has 3 rings (SSSR count). The molecule has 0 unspecified atom stereocenters. The minimum absolute atomic E-state index is 0.149. The quantitative estimate of drug-likeness (QED) is 0.756. The summed E-state index contributed by atoms with van der Waals surface area (Å²) in [6, 6.07) is 4.91. The number of carbonyl (C=O) groups excluding carboxylic acids is 1. The van der Waals surface area contributed by atoms with E-state index < -0.39 is 5.60 Å². The van der Waals surface area contributed by atoms with E-state index in [0.29, 0.717) is 0 Å². The van der Waals surface area contributed by atoms with Gasteiger partial charge in [-0.2, -0.15) is 0 Å². The fourth-order valence-corrected chi connectivity index (χ4v) is 3.54. The van der Waals surface area contributed by atoms with Crippen molar-refractivity contribution in [2.75, 3.05) is 31.1 Å². The Bertz CT molecular complexity index is 580. The van der Waals surface area contributed by atoms with Gasteiger partial charge in [-0.15, -0.1) is 0 Å². The van der Waals surface area contributed by atoms with Crippen molar-refractivity contribution in [2.24, 2.45) is 5.41 Å². The first kappa shape index (κ1) is 15.6. The van der Waals surface area contributed by atoms with Gasteiger partial charge in [0.2, 0.25) is 0 Å². The van der Waals surface area contributed by atoms with E-state index in [9.17, 15) is 9.18 Å². The average molecular weight is 371 g/mol. The van der Waals surface area contributed by atoms with E-state index in [2.05, 4.69) is 20.8 Å². The number of benzene rings is 1. The molecule has 1 aromatic carbocycles. The minimum Gasteiger partial charge on any atom is -0.444 e. The van der Waals surface area contributed by atoms with Gasteiger partial charge in [-0.1, -0.05) is 15.9 Å². The first-order valence-corrected chi connectivity index (χ1v) is 8.14. The molecule has 2 aliphatic rings. The van der Waals surface area contributed by atoms with Gasteiger partial charge in [-0.25, -0.2) is 9.18 Å². The maximum absolute atomic E-state index is 13.4. The number of nitrogens with zero attached hydrogens (tertiary/aromatic N) is 2. The highest BCUT2D eigenvalue weighted by molar-refractivity contribution is 9.10. The molecular formula is C16H20BrFN2O2. The summed E-state index contributed by atoms with van der Waals surface area (Å²) in [6.07, 6.45) is -0.245. The predicted octanol–water partition coefficient (Wildman–Crippen LogP) is 3.65. The van der Waals surface area contributed by atoms with Gasteiger partial charge in [-0.3, -0.25) is 0 Å². The van der Waals surface area contributed by atoms with E-state index in [-0.39, 0.29) is 17.3 Å². The van der Waals surface area contributed by atoms with Gasteiger partial charge < -0.3 is 14.5 Å². The van der Waals surface area contributed by atoms with Crippen LogP contribution >= 0.6 is 15.9 Å². The van der Waals surface area contributed by atoms with Crippen LogP contribution in [0.3, 0.4) is 0 Å². The standard InChI is InChI=1S/C16H20BrFN2O2/c1-15(2,3)22-14(21)20-9-16(10-20)7-19(8-16)13-5-11(17)4-12(18)6-13/h4-6H,7-10H2,1-3H3. The molecule has 0 bridgehead atoms. The number of halogens is 2. The van der Waals surface area contributed by atoms with E-state index in [1.54, 1.807) is 11.0 Å². The van der Waals surface area contributed by atoms with Crippen LogP contribution in [-0.4, -0.2) is 42.8 Å². The molecule has 120 valence electrons. The normalized spacial score (nSPS) is 19.7. The molecule has 1 spiro atoms. The lowest BCUT2D eigenvalue weighted by Crippen LogP contribution is -2.73. The summed E-state index contributed by atoms with van der Waals surface area (Å²) in [4.78, 5) is 15.8. The van der Waals surface area contributed by atoms with Crippen LogP contribution in [0, 0.1) is 11.2 Å². The van der Waals surface area contributed by atoms with Crippen molar-refractivity contribution >= 4 is 27.7 Å². The monoisotopic (exact) mass is 370 g/mol. The van der Waals surface area contributed by atoms with Crippen LogP contribution in [0.1, 0.15) is 20.8 Å². The Kier molecular flexibility index (Phi) is 3.62. The predicted molar refractivity (Wildman–Crippen MR) is 86.6 cm³/mol. The molecule has 0 atom stereocenters. The van der Waals surface area contributed by atoms with Gasteiger partial charge in [0.25, 0.3) is 0 Å². The van der Waals surface area contributed by atoms with Gasteiger partial charge >= 0.3 is 6.09 Å². The second-order valence-corrected chi connectivity index (χ2v) is 8.24. The smallest absolute Gasteiger partial charge is 0.410 e. The molecule has 22 heavy (non-hydrogen) atoms. The van der Waals surface area contributed by atoms with Crippen molar-refractivity contribution < 1.29 is 13.9 Å². The van der Waals surface area contributed by atoms with Crippen molar-refractivity contribution in [3.8, 4) is 0 Å². The lowest BCUT2D eigenvalue weighted by molar-refractivity contribution is -0.0453. The van der Waals surface area contributed by atoms with Crippen molar-refractivity contribution in [3.63, 3.8) is 0 Å².